The van der Waals surface area contributed by atoms with Gasteiger partial charge in [0.2, 0.25) is 5.91 Å². The van der Waals surface area contributed by atoms with Crippen LogP contribution in [-0.2, 0) is 17.9 Å². The van der Waals surface area contributed by atoms with Gasteiger partial charge in [0, 0.05) is 24.8 Å². The predicted molar refractivity (Wildman–Crippen MR) is 78.1 cm³/mol. The minimum Gasteiger partial charge on any atom is -0.350 e. The van der Waals surface area contributed by atoms with Crippen molar-refractivity contribution >= 4 is 11.6 Å². The lowest BCUT2D eigenvalue weighted by molar-refractivity contribution is -0.385. The predicted octanol–water partition coefficient (Wildman–Crippen LogP) is 1.19. The van der Waals surface area contributed by atoms with Gasteiger partial charge in [0.15, 0.2) is 0 Å². The number of aryl methyl sites for hydroxylation is 2. The Hall–Kier alpha value is -2.71. The molecule has 0 aliphatic heterocycles. The van der Waals surface area contributed by atoms with E-state index in [0.717, 1.165) is 12.1 Å². The molecule has 0 saturated heterocycles. The van der Waals surface area contributed by atoms with Crippen LogP contribution in [0.4, 0.5) is 5.69 Å². The van der Waals surface area contributed by atoms with Crippen LogP contribution in [0.3, 0.4) is 0 Å². The lowest BCUT2D eigenvalue weighted by Gasteiger charge is -2.11. The summed E-state index contributed by atoms with van der Waals surface area (Å²) in [5, 5.41) is 21.7. The van der Waals surface area contributed by atoms with Crippen molar-refractivity contribution in [2.45, 2.75) is 39.9 Å². The van der Waals surface area contributed by atoms with Gasteiger partial charge in [-0.15, -0.1) is 0 Å². The number of nitrogens with one attached hydrogen (secondary N) is 1. The highest BCUT2D eigenvalue weighted by Gasteiger charge is 2.22. The zero-order chi connectivity index (χ0) is 16.3. The van der Waals surface area contributed by atoms with E-state index in [1.165, 1.54) is 10.9 Å². The van der Waals surface area contributed by atoms with Gasteiger partial charge in [-0.2, -0.15) is 10.2 Å². The molecule has 1 atom stereocenters. The van der Waals surface area contributed by atoms with Crippen LogP contribution in [0.5, 0.6) is 0 Å². The van der Waals surface area contributed by atoms with E-state index in [9.17, 15) is 14.9 Å². The van der Waals surface area contributed by atoms with Gasteiger partial charge in [0.05, 0.1) is 11.1 Å². The molecule has 2 rings (SSSR count). The summed E-state index contributed by atoms with van der Waals surface area (Å²) < 4.78 is 3.07. The number of nitrogens with zero attached hydrogens (tertiary/aromatic N) is 5. The summed E-state index contributed by atoms with van der Waals surface area (Å²) in [5.41, 5.74) is 1.09. The first-order valence-corrected chi connectivity index (χ1v) is 6.91. The number of hydrogen-bond acceptors (Lipinski definition) is 5. The Morgan fingerprint density at radius 3 is 2.77 bits per heavy atom. The number of carbonyl (C=O) groups is 1. The first kappa shape index (κ1) is 15.7. The minimum atomic E-state index is -0.631. The quantitative estimate of drug-likeness (QED) is 0.637. The number of rotatable bonds is 6. The molecule has 0 saturated carbocycles. The van der Waals surface area contributed by atoms with Crippen LogP contribution in [0.15, 0.2) is 18.6 Å². The highest BCUT2D eigenvalue weighted by Crippen LogP contribution is 2.18. The summed E-state index contributed by atoms with van der Waals surface area (Å²) in [6.07, 6.45) is 4.82. The van der Waals surface area contributed by atoms with Crippen LogP contribution < -0.4 is 5.32 Å². The van der Waals surface area contributed by atoms with Gasteiger partial charge in [-0.05, 0) is 20.8 Å². The normalized spacial score (nSPS) is 12.1. The smallest absolute Gasteiger partial charge is 0.309 e. The lowest BCUT2D eigenvalue weighted by Crippen LogP contribution is -2.30. The van der Waals surface area contributed by atoms with Crippen molar-refractivity contribution in [1.82, 2.24) is 24.9 Å². The Bertz CT molecular complexity index is 690. The van der Waals surface area contributed by atoms with Crippen LogP contribution in [0.1, 0.15) is 31.1 Å². The van der Waals surface area contributed by atoms with Gasteiger partial charge in [-0.25, -0.2) is 0 Å². The summed E-state index contributed by atoms with van der Waals surface area (Å²) >= 11 is 0. The average molecular weight is 306 g/mol. The second-order valence-corrected chi connectivity index (χ2v) is 4.93. The average Bonchev–Trinajstić information content (AvgIpc) is 3.10. The van der Waals surface area contributed by atoms with E-state index in [1.807, 2.05) is 13.1 Å². The molecule has 0 bridgehead atoms. The number of nitro groups is 1. The van der Waals surface area contributed by atoms with E-state index in [4.69, 9.17) is 0 Å². The van der Waals surface area contributed by atoms with E-state index in [-0.39, 0.29) is 17.3 Å². The van der Waals surface area contributed by atoms with Crippen molar-refractivity contribution in [2.75, 3.05) is 0 Å². The van der Waals surface area contributed by atoms with Crippen LogP contribution in [0.25, 0.3) is 0 Å². The molecule has 1 N–H and O–H groups in total. The van der Waals surface area contributed by atoms with Gasteiger partial charge in [0.1, 0.15) is 17.9 Å². The molecule has 0 spiro atoms. The van der Waals surface area contributed by atoms with Crippen LogP contribution in [-0.4, -0.2) is 30.4 Å². The minimum absolute atomic E-state index is 0.0936. The molecule has 0 aliphatic carbocycles. The van der Waals surface area contributed by atoms with Crippen LogP contribution in [0.2, 0.25) is 0 Å². The maximum Gasteiger partial charge on any atom is 0.309 e. The summed E-state index contributed by atoms with van der Waals surface area (Å²) in [5.74, 6) is -0.262. The fourth-order valence-electron chi connectivity index (χ4n) is 1.98. The summed E-state index contributed by atoms with van der Waals surface area (Å²) in [7, 11) is 0. The lowest BCUT2D eigenvalue weighted by atomic mass is 10.3. The van der Waals surface area contributed by atoms with Gasteiger partial charge < -0.3 is 5.32 Å². The van der Waals surface area contributed by atoms with Gasteiger partial charge in [0.25, 0.3) is 0 Å². The first-order chi connectivity index (χ1) is 10.4. The van der Waals surface area contributed by atoms with E-state index < -0.39 is 11.0 Å². The molecule has 0 aliphatic rings. The summed E-state index contributed by atoms with van der Waals surface area (Å²) in [4.78, 5) is 22.4. The summed E-state index contributed by atoms with van der Waals surface area (Å²) in [6, 6.07) is -0.631. The zero-order valence-electron chi connectivity index (χ0n) is 12.7. The molecule has 0 aromatic carbocycles. The molecule has 2 aromatic heterocycles. The monoisotopic (exact) mass is 306 g/mol. The molecule has 9 heteroatoms. The second kappa shape index (κ2) is 6.37. The van der Waals surface area contributed by atoms with Gasteiger partial charge in [-0.1, -0.05) is 0 Å². The highest BCUT2D eigenvalue weighted by molar-refractivity contribution is 5.79. The van der Waals surface area contributed by atoms with Gasteiger partial charge >= 0.3 is 5.69 Å². The largest absolute Gasteiger partial charge is 0.350 e. The van der Waals surface area contributed by atoms with E-state index in [2.05, 4.69) is 15.5 Å². The SMILES string of the molecule is CCn1cc(CNC(=O)C(C)n2cc([N+](=O)[O-])c(C)n2)cn1. The second-order valence-electron chi connectivity index (χ2n) is 4.93. The van der Waals surface area contributed by atoms with Crippen molar-refractivity contribution in [3.05, 3.63) is 40.0 Å². The molecule has 2 aromatic rings. The van der Waals surface area contributed by atoms with Crippen molar-refractivity contribution in [3.63, 3.8) is 0 Å². The molecule has 22 heavy (non-hydrogen) atoms. The molecular weight excluding hydrogens is 288 g/mol. The highest BCUT2D eigenvalue weighted by atomic mass is 16.6. The zero-order valence-corrected chi connectivity index (χ0v) is 12.7. The summed E-state index contributed by atoms with van der Waals surface area (Å²) in [6.45, 7) is 6.27. The van der Waals surface area contributed by atoms with E-state index in [0.29, 0.717) is 6.54 Å². The molecule has 9 nitrogen and oxygen atoms in total. The fraction of sp³-hybridized carbons (Fsp3) is 0.462. The third-order valence-corrected chi connectivity index (χ3v) is 3.34. The van der Waals surface area contributed by atoms with Crippen molar-refractivity contribution in [3.8, 4) is 0 Å². The van der Waals surface area contributed by atoms with Crippen molar-refractivity contribution in [2.24, 2.45) is 0 Å². The molecule has 0 fully saturated rings. The fourth-order valence-corrected chi connectivity index (χ4v) is 1.98. The van der Waals surface area contributed by atoms with Gasteiger partial charge in [-0.3, -0.25) is 24.3 Å². The van der Waals surface area contributed by atoms with Crippen LogP contribution in [0, 0.1) is 17.0 Å². The van der Waals surface area contributed by atoms with Crippen molar-refractivity contribution < 1.29 is 9.72 Å². The molecule has 0 radical (unpaired) electrons. The van der Waals surface area contributed by atoms with Crippen LogP contribution >= 0.6 is 0 Å². The standard InChI is InChI=1S/C13H18N6O3/c1-4-17-7-11(6-15-17)5-14-13(20)10(3)18-8-12(19(21)22)9(2)16-18/h6-8,10H,4-5H2,1-3H3,(H,14,20). The first-order valence-electron chi connectivity index (χ1n) is 6.91. The topological polar surface area (TPSA) is 108 Å². The third-order valence-electron chi connectivity index (χ3n) is 3.34. The molecule has 1 unspecified atom stereocenters. The van der Waals surface area contributed by atoms with E-state index in [1.54, 1.807) is 24.7 Å². The third kappa shape index (κ3) is 3.30. The number of carbonyl (C=O) groups excluding carboxylic acids is 1. The van der Waals surface area contributed by atoms with E-state index >= 15 is 0 Å². The molecule has 2 heterocycles. The number of hydrogen-bond donors (Lipinski definition) is 1. The number of amides is 1. The molecule has 1 amide bonds. The Labute approximate surface area is 127 Å². The Balaban J connectivity index is 1.99. The maximum absolute atomic E-state index is 12.1. The van der Waals surface area contributed by atoms with Crippen molar-refractivity contribution in [1.29, 1.82) is 0 Å². The maximum atomic E-state index is 12.1. The Kier molecular flexibility index (Phi) is 4.54. The Morgan fingerprint density at radius 2 is 2.23 bits per heavy atom. The number of aromatic nitrogens is 4. The molecule has 118 valence electrons. The molecular formula is C13H18N6O3. The Morgan fingerprint density at radius 1 is 1.50 bits per heavy atom.